The van der Waals surface area contributed by atoms with E-state index in [4.69, 9.17) is 9.47 Å². The summed E-state index contributed by atoms with van der Waals surface area (Å²) in [6.45, 7) is 3.99. The van der Waals surface area contributed by atoms with E-state index in [0.29, 0.717) is 32.0 Å². The van der Waals surface area contributed by atoms with E-state index in [0.717, 1.165) is 39.0 Å². The lowest BCUT2D eigenvalue weighted by Crippen LogP contribution is -2.28. The molecule has 0 fully saturated rings. The third-order valence-electron chi connectivity index (χ3n) is 5.44. The summed E-state index contributed by atoms with van der Waals surface area (Å²) in [6, 6.07) is 6.07. The Morgan fingerprint density at radius 3 is 2.58 bits per heavy atom. The minimum absolute atomic E-state index is 0. The molecule has 1 aliphatic rings. The van der Waals surface area contributed by atoms with E-state index in [1.807, 2.05) is 53.4 Å². The monoisotopic (exact) mass is 516 g/mol. The van der Waals surface area contributed by atoms with Gasteiger partial charge in [0.05, 0.1) is 17.7 Å². The second-order valence-corrected chi connectivity index (χ2v) is 7.99. The van der Waals surface area contributed by atoms with E-state index in [-0.39, 0.29) is 43.2 Å². The van der Waals surface area contributed by atoms with Gasteiger partial charge >= 0.3 is 5.97 Å². The van der Waals surface area contributed by atoms with Crippen molar-refractivity contribution in [3.8, 4) is 16.9 Å². The molecule has 3 heterocycles. The van der Waals surface area contributed by atoms with Crippen molar-refractivity contribution in [3.63, 3.8) is 0 Å². The zero-order valence-electron chi connectivity index (χ0n) is 19.5. The SMILES string of the molecule is CCOC(=O)c1c(CN(C)C)n(C)c2cc(-c3cccnc3)c3c(c12)CN(C)CO3.Cl.Cl.Cl. The molecule has 0 spiro atoms. The van der Waals surface area contributed by atoms with Crippen LogP contribution in [-0.2, 0) is 24.9 Å². The molecule has 1 aliphatic heterocycles. The molecule has 4 rings (SSSR count). The summed E-state index contributed by atoms with van der Waals surface area (Å²) in [5, 5.41) is 0.919. The number of fused-ring (bicyclic) bond motifs is 3. The van der Waals surface area contributed by atoms with Gasteiger partial charge in [0, 0.05) is 60.3 Å². The number of rotatable bonds is 5. The van der Waals surface area contributed by atoms with Crippen molar-refractivity contribution in [2.45, 2.75) is 20.0 Å². The van der Waals surface area contributed by atoms with Gasteiger partial charge in [-0.15, -0.1) is 37.2 Å². The van der Waals surface area contributed by atoms with Crippen LogP contribution in [0.15, 0.2) is 30.6 Å². The van der Waals surface area contributed by atoms with E-state index in [1.54, 1.807) is 6.20 Å². The average molecular weight is 518 g/mol. The number of hydrogen-bond donors (Lipinski definition) is 0. The van der Waals surface area contributed by atoms with Crippen molar-refractivity contribution >= 4 is 54.1 Å². The number of benzene rings is 1. The highest BCUT2D eigenvalue weighted by atomic mass is 35.5. The highest BCUT2D eigenvalue weighted by molar-refractivity contribution is 6.09. The number of hydrogen-bond acceptors (Lipinski definition) is 6. The van der Waals surface area contributed by atoms with E-state index in [9.17, 15) is 4.79 Å². The molecular formula is C23H31Cl3N4O3. The molecule has 0 bridgehead atoms. The third-order valence-corrected chi connectivity index (χ3v) is 5.44. The Morgan fingerprint density at radius 2 is 1.97 bits per heavy atom. The van der Waals surface area contributed by atoms with Gasteiger partial charge in [0.1, 0.15) is 12.5 Å². The first-order valence-electron chi connectivity index (χ1n) is 10.1. The van der Waals surface area contributed by atoms with Crippen LogP contribution < -0.4 is 4.74 Å². The Labute approximate surface area is 213 Å². The van der Waals surface area contributed by atoms with E-state index in [2.05, 4.69) is 25.4 Å². The number of carbonyl (C=O) groups excluding carboxylic acids is 1. The van der Waals surface area contributed by atoms with Crippen molar-refractivity contribution < 1.29 is 14.3 Å². The minimum atomic E-state index is -0.287. The second kappa shape index (κ2) is 11.9. The van der Waals surface area contributed by atoms with Gasteiger partial charge in [-0.3, -0.25) is 9.88 Å². The Balaban J connectivity index is 0.00000181. The molecule has 0 atom stereocenters. The molecule has 182 valence electrons. The third kappa shape index (κ3) is 5.39. The van der Waals surface area contributed by atoms with Gasteiger partial charge in [-0.25, -0.2) is 4.79 Å². The zero-order valence-corrected chi connectivity index (χ0v) is 21.9. The fourth-order valence-corrected chi connectivity index (χ4v) is 4.16. The molecule has 0 unspecified atom stereocenters. The lowest BCUT2D eigenvalue weighted by atomic mass is 9.96. The number of esters is 1. The van der Waals surface area contributed by atoms with Gasteiger partial charge in [-0.05, 0) is 40.2 Å². The Kier molecular flexibility index (Phi) is 10.5. The maximum Gasteiger partial charge on any atom is 0.340 e. The topological polar surface area (TPSA) is 59.8 Å². The predicted molar refractivity (Wildman–Crippen MR) is 138 cm³/mol. The Hall–Kier alpha value is -2.03. The van der Waals surface area contributed by atoms with E-state index < -0.39 is 0 Å². The lowest BCUT2D eigenvalue weighted by Gasteiger charge is -2.28. The van der Waals surface area contributed by atoms with Crippen LogP contribution in [0.5, 0.6) is 5.75 Å². The smallest absolute Gasteiger partial charge is 0.340 e. The highest BCUT2D eigenvalue weighted by Gasteiger charge is 2.30. The molecule has 0 N–H and O–H groups in total. The molecule has 0 saturated heterocycles. The Bertz CT molecular complexity index is 1100. The van der Waals surface area contributed by atoms with Crippen LogP contribution in [0.3, 0.4) is 0 Å². The standard InChI is InChI=1S/C23H28N4O3.3ClH/c1-6-29-23(28)21-19(13-25(2)3)27(5)18-10-16(15-8-7-9-24-11-15)22-17(20(18)21)12-26(4)14-30-22;;;/h7-11H,6,12-14H2,1-5H3;3*1H. The number of carbonyl (C=O) groups is 1. The summed E-state index contributed by atoms with van der Waals surface area (Å²) in [7, 11) is 8.02. The van der Waals surface area contributed by atoms with E-state index >= 15 is 0 Å². The van der Waals surface area contributed by atoms with Gasteiger partial charge in [-0.2, -0.15) is 0 Å². The fraction of sp³-hybridized carbons (Fsp3) is 0.391. The van der Waals surface area contributed by atoms with Gasteiger partial charge in [0.2, 0.25) is 0 Å². The molecule has 0 amide bonds. The normalized spacial score (nSPS) is 12.8. The second-order valence-electron chi connectivity index (χ2n) is 7.99. The van der Waals surface area contributed by atoms with Gasteiger partial charge < -0.3 is 18.9 Å². The van der Waals surface area contributed by atoms with Crippen LogP contribution in [0.1, 0.15) is 28.5 Å². The predicted octanol–water partition coefficient (Wildman–Crippen LogP) is 4.53. The van der Waals surface area contributed by atoms with Crippen LogP contribution in [0, 0.1) is 0 Å². The summed E-state index contributed by atoms with van der Waals surface area (Å²) in [6.07, 6.45) is 3.61. The van der Waals surface area contributed by atoms with Crippen LogP contribution in [0.4, 0.5) is 0 Å². The van der Waals surface area contributed by atoms with Crippen LogP contribution in [0.2, 0.25) is 0 Å². The van der Waals surface area contributed by atoms with Gasteiger partial charge in [0.25, 0.3) is 0 Å². The molecule has 2 aromatic heterocycles. The lowest BCUT2D eigenvalue weighted by molar-refractivity contribution is 0.0526. The van der Waals surface area contributed by atoms with Crippen molar-refractivity contribution in [2.24, 2.45) is 7.05 Å². The average Bonchev–Trinajstić information content (AvgIpc) is 3.00. The van der Waals surface area contributed by atoms with Crippen LogP contribution in [-0.4, -0.2) is 59.8 Å². The summed E-state index contributed by atoms with van der Waals surface area (Å²) in [4.78, 5) is 21.5. The molecule has 10 heteroatoms. The van der Waals surface area contributed by atoms with Crippen molar-refractivity contribution in [1.82, 2.24) is 19.4 Å². The van der Waals surface area contributed by atoms with Crippen molar-refractivity contribution in [3.05, 3.63) is 47.4 Å². The highest BCUT2D eigenvalue weighted by Crippen LogP contribution is 2.43. The number of aromatic nitrogens is 2. The zero-order chi connectivity index (χ0) is 21.4. The maximum absolute atomic E-state index is 13.1. The fourth-order valence-electron chi connectivity index (χ4n) is 4.16. The summed E-state index contributed by atoms with van der Waals surface area (Å²) in [5.74, 6) is 0.533. The van der Waals surface area contributed by atoms with Crippen LogP contribution in [0.25, 0.3) is 22.0 Å². The first kappa shape index (κ1) is 29.0. The quantitative estimate of drug-likeness (QED) is 0.464. The molecular weight excluding hydrogens is 487 g/mol. The summed E-state index contributed by atoms with van der Waals surface area (Å²) in [5.41, 5.74) is 5.57. The number of pyridine rings is 1. The summed E-state index contributed by atoms with van der Waals surface area (Å²) >= 11 is 0. The Morgan fingerprint density at radius 1 is 1.24 bits per heavy atom. The van der Waals surface area contributed by atoms with E-state index in [1.165, 1.54) is 0 Å². The molecule has 0 saturated carbocycles. The molecule has 0 radical (unpaired) electrons. The van der Waals surface area contributed by atoms with Crippen molar-refractivity contribution in [1.29, 1.82) is 0 Å². The van der Waals surface area contributed by atoms with Crippen LogP contribution >= 0.6 is 37.2 Å². The molecule has 0 aliphatic carbocycles. The first-order valence-corrected chi connectivity index (χ1v) is 10.1. The first-order chi connectivity index (χ1) is 14.4. The van der Waals surface area contributed by atoms with Gasteiger partial charge in [-0.1, -0.05) is 6.07 Å². The van der Waals surface area contributed by atoms with Gasteiger partial charge in [0.15, 0.2) is 0 Å². The molecule has 33 heavy (non-hydrogen) atoms. The summed E-state index contributed by atoms with van der Waals surface area (Å²) < 4.78 is 13.8. The number of aryl methyl sites for hydroxylation is 1. The molecule has 3 aromatic rings. The number of halogens is 3. The number of ether oxygens (including phenoxy) is 2. The van der Waals surface area contributed by atoms with Crippen molar-refractivity contribution in [2.75, 3.05) is 34.5 Å². The number of nitrogens with zero attached hydrogens (tertiary/aromatic N) is 4. The molecule has 1 aromatic carbocycles. The minimum Gasteiger partial charge on any atom is -0.477 e. The largest absolute Gasteiger partial charge is 0.477 e. The maximum atomic E-state index is 13.1. The molecule has 7 nitrogen and oxygen atoms in total.